The van der Waals surface area contributed by atoms with E-state index in [-0.39, 0.29) is 11.7 Å². The van der Waals surface area contributed by atoms with Crippen LogP contribution in [0.3, 0.4) is 0 Å². The van der Waals surface area contributed by atoms with Gasteiger partial charge < -0.3 is 16.0 Å². The zero-order valence-corrected chi connectivity index (χ0v) is 20.5. The number of aliphatic imine (C=N–C) groups is 1. The molecule has 0 aliphatic carbocycles. The largest absolute Gasteiger partial charge is 0.359 e. The number of halogens is 1. The summed E-state index contributed by atoms with van der Waals surface area (Å²) in [5.41, 5.74) is 6.44. The van der Waals surface area contributed by atoms with Gasteiger partial charge in [-0.1, -0.05) is 6.92 Å². The number of hydrogen-bond donors (Lipinski definition) is 3. The van der Waals surface area contributed by atoms with Crippen molar-refractivity contribution in [2.45, 2.75) is 20.3 Å². The first-order chi connectivity index (χ1) is 17.5. The third-order valence-corrected chi connectivity index (χ3v) is 5.71. The minimum Gasteiger partial charge on any atom is -0.359 e. The topological polar surface area (TPSA) is 78.4 Å². The van der Waals surface area contributed by atoms with E-state index in [1.165, 1.54) is 12.1 Å². The van der Waals surface area contributed by atoms with Crippen molar-refractivity contribution in [3.8, 4) is 0 Å². The predicted molar refractivity (Wildman–Crippen MR) is 147 cm³/mol. The first-order valence-electron chi connectivity index (χ1n) is 11.7. The van der Waals surface area contributed by atoms with Crippen LogP contribution in [0.5, 0.6) is 0 Å². The molecule has 0 aliphatic heterocycles. The van der Waals surface area contributed by atoms with E-state index in [1.807, 2.05) is 43.3 Å². The fourth-order valence-corrected chi connectivity index (χ4v) is 3.76. The summed E-state index contributed by atoms with van der Waals surface area (Å²) in [6.07, 6.45) is 6.22. The number of amides is 1. The van der Waals surface area contributed by atoms with E-state index in [4.69, 9.17) is 0 Å². The van der Waals surface area contributed by atoms with E-state index < -0.39 is 0 Å². The average Bonchev–Trinajstić information content (AvgIpc) is 2.88. The molecule has 0 saturated heterocycles. The summed E-state index contributed by atoms with van der Waals surface area (Å²) in [6.45, 7) is 4.03. The van der Waals surface area contributed by atoms with Gasteiger partial charge in [-0.25, -0.2) is 4.39 Å². The van der Waals surface area contributed by atoms with Crippen LogP contribution in [0.15, 0.2) is 89.7 Å². The van der Waals surface area contributed by atoms with Crippen LogP contribution in [0.4, 0.5) is 27.1 Å². The third-order valence-electron chi connectivity index (χ3n) is 5.71. The molecule has 4 aromatic rings. The summed E-state index contributed by atoms with van der Waals surface area (Å²) in [5, 5.41) is 10.3. The summed E-state index contributed by atoms with van der Waals surface area (Å²) >= 11 is 0. The van der Waals surface area contributed by atoms with Gasteiger partial charge in [-0.15, -0.1) is 0 Å². The number of nitrogens with zero attached hydrogens (tertiary/aromatic N) is 2. The molecule has 0 bridgehead atoms. The van der Waals surface area contributed by atoms with Crippen LogP contribution in [0.25, 0.3) is 10.9 Å². The number of hydrogen-bond acceptors (Lipinski definition) is 5. The normalized spacial score (nSPS) is 11.6. The number of pyridine rings is 1. The zero-order chi connectivity index (χ0) is 25.5. The molecule has 0 fully saturated rings. The van der Waals surface area contributed by atoms with Crippen molar-refractivity contribution in [2.75, 3.05) is 23.0 Å². The maximum absolute atomic E-state index is 13.7. The van der Waals surface area contributed by atoms with E-state index in [9.17, 15) is 9.18 Å². The average molecular weight is 482 g/mol. The summed E-state index contributed by atoms with van der Waals surface area (Å²) in [5.74, 6) is -0.520. The molecule has 0 atom stereocenters. The Morgan fingerprint density at radius 3 is 2.47 bits per heavy atom. The molecule has 4 rings (SSSR count). The van der Waals surface area contributed by atoms with E-state index in [1.54, 1.807) is 43.7 Å². The van der Waals surface area contributed by atoms with Crippen LogP contribution in [-0.4, -0.2) is 24.2 Å². The third kappa shape index (κ3) is 5.93. The summed E-state index contributed by atoms with van der Waals surface area (Å²) in [4.78, 5) is 21.1. The fraction of sp³-hybridized carbons (Fsp3) is 0.138. The second-order valence-electron chi connectivity index (χ2n) is 8.28. The van der Waals surface area contributed by atoms with Crippen molar-refractivity contribution in [3.05, 3.63) is 102 Å². The van der Waals surface area contributed by atoms with E-state index in [0.29, 0.717) is 16.5 Å². The van der Waals surface area contributed by atoms with Crippen molar-refractivity contribution in [1.29, 1.82) is 0 Å². The van der Waals surface area contributed by atoms with Gasteiger partial charge in [-0.05, 0) is 91.7 Å². The second kappa shape index (κ2) is 11.3. The quantitative estimate of drug-likeness (QED) is 0.235. The second-order valence-corrected chi connectivity index (χ2v) is 8.28. The van der Waals surface area contributed by atoms with E-state index in [2.05, 4.69) is 32.9 Å². The number of nitrogens with one attached hydrogen (secondary N) is 3. The van der Waals surface area contributed by atoms with Gasteiger partial charge in [-0.2, -0.15) is 0 Å². The number of rotatable bonds is 8. The molecule has 182 valence electrons. The van der Waals surface area contributed by atoms with Gasteiger partial charge in [0.2, 0.25) is 0 Å². The maximum Gasteiger partial charge on any atom is 0.255 e. The number of aryl methyl sites for hydroxylation is 1. The molecule has 0 radical (unpaired) electrons. The van der Waals surface area contributed by atoms with Gasteiger partial charge in [0.1, 0.15) is 5.82 Å². The highest BCUT2D eigenvalue weighted by Gasteiger charge is 2.10. The van der Waals surface area contributed by atoms with Crippen molar-refractivity contribution in [2.24, 2.45) is 4.99 Å². The molecule has 1 aromatic heterocycles. The molecule has 0 unspecified atom stereocenters. The number of benzene rings is 3. The SMILES string of the molecule is CC/C(=C\C=NC)Nc1ccc(NC(=O)c2ccc(Nc3ccnc4ccc(F)cc34)cc2)c(C)c1. The van der Waals surface area contributed by atoms with Crippen molar-refractivity contribution >= 4 is 45.8 Å². The predicted octanol–water partition coefficient (Wildman–Crippen LogP) is 7.08. The molecule has 0 saturated carbocycles. The Hall–Kier alpha value is -4.52. The van der Waals surface area contributed by atoms with Gasteiger partial charge in [0, 0.05) is 58.9 Å². The van der Waals surface area contributed by atoms with Crippen LogP contribution in [0, 0.1) is 12.7 Å². The van der Waals surface area contributed by atoms with Crippen LogP contribution in [0.1, 0.15) is 29.3 Å². The lowest BCUT2D eigenvalue weighted by atomic mass is 10.1. The molecular formula is C29H28FN5O. The van der Waals surface area contributed by atoms with E-state index >= 15 is 0 Å². The van der Waals surface area contributed by atoms with E-state index in [0.717, 1.165) is 40.4 Å². The van der Waals surface area contributed by atoms with Crippen molar-refractivity contribution < 1.29 is 9.18 Å². The van der Waals surface area contributed by atoms with Crippen LogP contribution < -0.4 is 16.0 Å². The molecule has 0 spiro atoms. The standard InChI is InChI=1S/C29H28FN5O/c1-4-22(13-15-31-3)33-24-10-12-26(19(2)17-24)35-29(36)20-5-8-23(9-6-20)34-28-14-16-32-27-11-7-21(30)18-25(27)28/h5-18,33H,4H2,1-3H3,(H,32,34)(H,35,36)/b22-13+,31-15?. The molecule has 1 heterocycles. The smallest absolute Gasteiger partial charge is 0.255 e. The highest BCUT2D eigenvalue weighted by Crippen LogP contribution is 2.26. The number of allylic oxidation sites excluding steroid dienone is 2. The van der Waals surface area contributed by atoms with Gasteiger partial charge >= 0.3 is 0 Å². The molecule has 1 amide bonds. The minimum atomic E-state index is -0.321. The molecule has 6 nitrogen and oxygen atoms in total. The molecule has 3 aromatic carbocycles. The molecule has 0 aliphatic rings. The number of carbonyl (C=O) groups excluding carboxylic acids is 1. The highest BCUT2D eigenvalue weighted by atomic mass is 19.1. The Morgan fingerprint density at radius 1 is 0.972 bits per heavy atom. The summed E-state index contributed by atoms with van der Waals surface area (Å²) < 4.78 is 13.7. The molecular weight excluding hydrogens is 453 g/mol. The number of anilines is 4. The van der Waals surface area contributed by atoms with Crippen LogP contribution >= 0.6 is 0 Å². The molecule has 7 heteroatoms. The fourth-order valence-electron chi connectivity index (χ4n) is 3.76. The monoisotopic (exact) mass is 481 g/mol. The Morgan fingerprint density at radius 2 is 1.75 bits per heavy atom. The van der Waals surface area contributed by atoms with Crippen molar-refractivity contribution in [1.82, 2.24) is 4.98 Å². The van der Waals surface area contributed by atoms with Crippen LogP contribution in [0.2, 0.25) is 0 Å². The van der Waals surface area contributed by atoms with Gasteiger partial charge in [0.25, 0.3) is 5.91 Å². The minimum absolute atomic E-state index is 0.199. The maximum atomic E-state index is 13.7. The lowest BCUT2D eigenvalue weighted by Gasteiger charge is -2.13. The lowest BCUT2D eigenvalue weighted by Crippen LogP contribution is -2.13. The summed E-state index contributed by atoms with van der Waals surface area (Å²) in [7, 11) is 1.74. The number of carbonyl (C=O) groups is 1. The summed E-state index contributed by atoms with van der Waals surface area (Å²) in [6, 6.07) is 19.2. The highest BCUT2D eigenvalue weighted by molar-refractivity contribution is 6.05. The zero-order valence-electron chi connectivity index (χ0n) is 20.5. The van der Waals surface area contributed by atoms with Crippen molar-refractivity contribution in [3.63, 3.8) is 0 Å². The Labute approximate surface area is 210 Å². The molecule has 3 N–H and O–H groups in total. The lowest BCUT2D eigenvalue weighted by molar-refractivity contribution is 0.102. The first-order valence-corrected chi connectivity index (χ1v) is 11.7. The Kier molecular flexibility index (Phi) is 7.70. The number of aromatic nitrogens is 1. The Balaban J connectivity index is 1.44. The van der Waals surface area contributed by atoms with Crippen LogP contribution in [-0.2, 0) is 0 Å². The van der Waals surface area contributed by atoms with Gasteiger partial charge in [-0.3, -0.25) is 14.8 Å². The van der Waals surface area contributed by atoms with Gasteiger partial charge in [0.15, 0.2) is 0 Å². The van der Waals surface area contributed by atoms with Gasteiger partial charge in [0.05, 0.1) is 5.52 Å². The first kappa shape index (κ1) is 24.6. The Bertz CT molecular complexity index is 1440. The molecule has 36 heavy (non-hydrogen) atoms. The number of fused-ring (bicyclic) bond motifs is 1.